The zero-order valence-electron chi connectivity index (χ0n) is 12.3. The lowest BCUT2D eigenvalue weighted by molar-refractivity contribution is 0.147. The number of alkyl carbamates (subject to hydrolysis) is 1. The highest BCUT2D eigenvalue weighted by atomic mass is 16.5. The zero-order chi connectivity index (χ0) is 14.5. The van der Waals surface area contributed by atoms with Gasteiger partial charge in [0, 0.05) is 5.54 Å². The molecule has 1 aliphatic rings. The van der Waals surface area contributed by atoms with E-state index in [1.165, 1.54) is 0 Å². The molecule has 1 fully saturated rings. The van der Waals surface area contributed by atoms with Crippen LogP contribution in [-0.2, 0) is 4.74 Å². The monoisotopic (exact) mass is 270 g/mol. The summed E-state index contributed by atoms with van der Waals surface area (Å²) in [6.07, 6.45) is 1.87. The van der Waals surface area contributed by atoms with Gasteiger partial charge < -0.3 is 21.1 Å². The van der Waals surface area contributed by atoms with E-state index in [-0.39, 0.29) is 17.7 Å². The van der Waals surface area contributed by atoms with Crippen LogP contribution in [0, 0.1) is 5.92 Å². The molecule has 0 aliphatic heterocycles. The van der Waals surface area contributed by atoms with Crippen molar-refractivity contribution in [1.82, 2.24) is 10.6 Å². The molecule has 6 heteroatoms. The first-order chi connectivity index (χ1) is 8.81. The number of carbonyl (C=O) groups is 1. The Morgan fingerprint density at radius 3 is 2.58 bits per heavy atom. The van der Waals surface area contributed by atoms with Crippen LogP contribution >= 0.6 is 0 Å². The summed E-state index contributed by atoms with van der Waals surface area (Å²) in [5, 5.41) is 5.94. The van der Waals surface area contributed by atoms with Gasteiger partial charge in [-0.05, 0) is 46.5 Å². The third kappa shape index (κ3) is 6.88. The third-order valence-corrected chi connectivity index (χ3v) is 2.73. The molecule has 0 radical (unpaired) electrons. The first kappa shape index (κ1) is 15.6. The lowest BCUT2D eigenvalue weighted by Gasteiger charge is -2.22. The van der Waals surface area contributed by atoms with Crippen LogP contribution < -0.4 is 16.4 Å². The van der Waals surface area contributed by atoms with Crippen LogP contribution in [0.5, 0.6) is 0 Å². The summed E-state index contributed by atoms with van der Waals surface area (Å²) < 4.78 is 4.89. The predicted molar refractivity (Wildman–Crippen MR) is 76.0 cm³/mol. The number of nitrogens with two attached hydrogens (primary N) is 1. The average molecular weight is 270 g/mol. The zero-order valence-corrected chi connectivity index (χ0v) is 12.3. The molecule has 4 N–H and O–H groups in total. The van der Waals surface area contributed by atoms with Crippen LogP contribution in [0.25, 0.3) is 0 Å². The second kappa shape index (κ2) is 6.63. The fraction of sp³-hybridized carbons (Fsp3) is 0.846. The van der Waals surface area contributed by atoms with Crippen molar-refractivity contribution in [3.8, 4) is 0 Å². The number of aliphatic imine (C=N–C) groups is 1. The Labute approximate surface area is 115 Å². The molecule has 0 aromatic heterocycles. The molecule has 1 rings (SSSR count). The maximum absolute atomic E-state index is 11.4. The summed E-state index contributed by atoms with van der Waals surface area (Å²) in [5.74, 6) is 0.902. The molecule has 1 unspecified atom stereocenters. The van der Waals surface area contributed by atoms with Gasteiger partial charge in [0.2, 0.25) is 0 Å². The van der Waals surface area contributed by atoms with E-state index in [9.17, 15) is 4.79 Å². The molecule has 0 bridgehead atoms. The van der Waals surface area contributed by atoms with Crippen LogP contribution in [0.15, 0.2) is 4.99 Å². The highest BCUT2D eigenvalue weighted by Gasteiger charge is 2.32. The van der Waals surface area contributed by atoms with Crippen LogP contribution in [0.3, 0.4) is 0 Å². The summed E-state index contributed by atoms with van der Waals surface area (Å²) in [6, 6.07) is 0.0133. The van der Waals surface area contributed by atoms with Crippen molar-refractivity contribution in [3.05, 3.63) is 0 Å². The number of guanidine groups is 1. The van der Waals surface area contributed by atoms with Gasteiger partial charge >= 0.3 is 6.09 Å². The van der Waals surface area contributed by atoms with E-state index in [4.69, 9.17) is 10.5 Å². The Bertz CT molecular complexity index is 332. The number of carbonyl (C=O) groups excluding carboxylic acids is 1. The Hall–Kier alpha value is -1.46. The van der Waals surface area contributed by atoms with Crippen LogP contribution in [-0.4, -0.2) is 36.8 Å². The fourth-order valence-corrected chi connectivity index (χ4v) is 1.76. The number of nitrogens with zero attached hydrogens (tertiary/aromatic N) is 1. The van der Waals surface area contributed by atoms with Crippen molar-refractivity contribution in [1.29, 1.82) is 0 Å². The maximum atomic E-state index is 11.4. The van der Waals surface area contributed by atoms with Gasteiger partial charge in [-0.3, -0.25) is 4.99 Å². The Kier molecular flexibility index (Phi) is 5.44. The Morgan fingerprint density at radius 2 is 2.11 bits per heavy atom. The van der Waals surface area contributed by atoms with E-state index >= 15 is 0 Å². The number of hydrogen-bond donors (Lipinski definition) is 3. The minimum Gasteiger partial charge on any atom is -0.450 e. The van der Waals surface area contributed by atoms with Gasteiger partial charge in [0.1, 0.15) is 0 Å². The molecule has 19 heavy (non-hydrogen) atoms. The first-order valence-electron chi connectivity index (χ1n) is 6.83. The van der Waals surface area contributed by atoms with Gasteiger partial charge in [-0.25, -0.2) is 4.79 Å². The van der Waals surface area contributed by atoms with Crippen molar-refractivity contribution in [2.24, 2.45) is 16.6 Å². The van der Waals surface area contributed by atoms with E-state index in [1.807, 2.05) is 20.8 Å². The number of rotatable bonds is 5. The minimum absolute atomic E-state index is 0.0133. The molecule has 110 valence electrons. The molecule has 6 nitrogen and oxygen atoms in total. The fourth-order valence-electron chi connectivity index (χ4n) is 1.76. The van der Waals surface area contributed by atoms with Crippen molar-refractivity contribution in [3.63, 3.8) is 0 Å². The summed E-state index contributed by atoms with van der Waals surface area (Å²) >= 11 is 0. The molecule has 1 saturated carbocycles. The number of hydrogen-bond acceptors (Lipinski definition) is 3. The molecule has 0 aromatic rings. The third-order valence-electron chi connectivity index (χ3n) is 2.73. The summed E-state index contributed by atoms with van der Waals surface area (Å²) in [6.45, 7) is 8.70. The number of amides is 1. The molecule has 1 aliphatic carbocycles. The SMILES string of the molecule is CCOC(=O)NC(CN=C(N)NC(C)(C)C)C1CC1. The van der Waals surface area contributed by atoms with Crippen molar-refractivity contribution < 1.29 is 9.53 Å². The maximum Gasteiger partial charge on any atom is 0.407 e. The largest absolute Gasteiger partial charge is 0.450 e. The standard InChI is InChI=1S/C13H26N4O2/c1-5-19-12(18)16-10(9-6-7-9)8-15-11(14)17-13(2,3)4/h9-10H,5-8H2,1-4H3,(H,16,18)(H3,14,15,17). The van der Waals surface area contributed by atoms with Gasteiger partial charge in [0.05, 0.1) is 19.2 Å². The van der Waals surface area contributed by atoms with E-state index in [2.05, 4.69) is 15.6 Å². The summed E-state index contributed by atoms with van der Waals surface area (Å²) in [5.41, 5.74) is 5.70. The Balaban J connectivity index is 2.45. The normalized spacial score (nSPS) is 17.8. The molecule has 0 saturated heterocycles. The topological polar surface area (TPSA) is 88.7 Å². The second-order valence-electron chi connectivity index (χ2n) is 5.91. The van der Waals surface area contributed by atoms with E-state index in [1.54, 1.807) is 6.92 Å². The second-order valence-corrected chi connectivity index (χ2v) is 5.91. The van der Waals surface area contributed by atoms with Gasteiger partial charge in [0.15, 0.2) is 5.96 Å². The number of nitrogens with one attached hydrogen (secondary N) is 2. The Morgan fingerprint density at radius 1 is 1.47 bits per heavy atom. The van der Waals surface area contributed by atoms with Gasteiger partial charge in [-0.15, -0.1) is 0 Å². The quantitative estimate of drug-likeness (QED) is 0.517. The minimum atomic E-state index is -0.378. The smallest absolute Gasteiger partial charge is 0.407 e. The lowest BCUT2D eigenvalue weighted by atomic mass is 10.1. The van der Waals surface area contributed by atoms with Gasteiger partial charge in [-0.1, -0.05) is 0 Å². The van der Waals surface area contributed by atoms with Crippen molar-refractivity contribution in [2.45, 2.75) is 52.1 Å². The van der Waals surface area contributed by atoms with E-state index < -0.39 is 0 Å². The first-order valence-corrected chi connectivity index (χ1v) is 6.83. The molecule has 1 amide bonds. The molecule has 1 atom stereocenters. The number of ether oxygens (including phenoxy) is 1. The average Bonchev–Trinajstić information content (AvgIpc) is 3.05. The van der Waals surface area contributed by atoms with Crippen molar-refractivity contribution in [2.75, 3.05) is 13.2 Å². The molecular formula is C13H26N4O2. The summed E-state index contributed by atoms with van der Waals surface area (Å²) in [4.78, 5) is 15.7. The van der Waals surface area contributed by atoms with E-state index in [0.29, 0.717) is 25.0 Å². The van der Waals surface area contributed by atoms with Crippen LogP contribution in [0.1, 0.15) is 40.5 Å². The van der Waals surface area contributed by atoms with Crippen LogP contribution in [0.4, 0.5) is 4.79 Å². The predicted octanol–water partition coefficient (Wildman–Crippen LogP) is 1.21. The van der Waals surface area contributed by atoms with Crippen molar-refractivity contribution >= 4 is 12.1 Å². The molecule has 0 spiro atoms. The van der Waals surface area contributed by atoms with Gasteiger partial charge in [-0.2, -0.15) is 0 Å². The van der Waals surface area contributed by atoms with Crippen LogP contribution in [0.2, 0.25) is 0 Å². The molecular weight excluding hydrogens is 244 g/mol. The lowest BCUT2D eigenvalue weighted by Crippen LogP contribution is -2.46. The molecule has 0 heterocycles. The summed E-state index contributed by atoms with van der Waals surface area (Å²) in [7, 11) is 0. The molecule has 0 aromatic carbocycles. The van der Waals surface area contributed by atoms with E-state index in [0.717, 1.165) is 12.8 Å². The highest BCUT2D eigenvalue weighted by molar-refractivity contribution is 5.78. The highest BCUT2D eigenvalue weighted by Crippen LogP contribution is 2.32. The van der Waals surface area contributed by atoms with Gasteiger partial charge in [0.25, 0.3) is 0 Å².